The summed E-state index contributed by atoms with van der Waals surface area (Å²) in [4.78, 5) is 11.9. The topological polar surface area (TPSA) is 71.8 Å². The normalized spacial score (nSPS) is 18.2. The second-order valence-electron chi connectivity index (χ2n) is 4.85. The summed E-state index contributed by atoms with van der Waals surface area (Å²) >= 11 is 1.75. The van der Waals surface area contributed by atoms with Crippen LogP contribution in [0.1, 0.15) is 31.6 Å². The summed E-state index contributed by atoms with van der Waals surface area (Å²) in [5, 5.41) is 14.7. The highest BCUT2D eigenvalue weighted by molar-refractivity contribution is 8.00. The molecule has 0 bridgehead atoms. The Kier molecular flexibility index (Phi) is 5.21. The Hall–Kier alpha value is -1.08. The van der Waals surface area contributed by atoms with Crippen LogP contribution in [0.4, 0.5) is 0 Å². The summed E-state index contributed by atoms with van der Waals surface area (Å²) in [5.74, 6) is 1.37. The molecule has 2 rings (SSSR count). The van der Waals surface area contributed by atoms with E-state index in [-0.39, 0.29) is 11.9 Å². The van der Waals surface area contributed by atoms with E-state index in [4.69, 9.17) is 0 Å². The first-order valence-electron chi connectivity index (χ1n) is 6.62. The number of carbonyl (C=O) groups is 1. The third kappa shape index (κ3) is 4.21. The van der Waals surface area contributed by atoms with Crippen LogP contribution in [0.5, 0.6) is 0 Å². The summed E-state index contributed by atoms with van der Waals surface area (Å²) in [7, 11) is 1.88. The molecule has 0 spiro atoms. The van der Waals surface area contributed by atoms with Crippen molar-refractivity contribution in [2.24, 2.45) is 7.05 Å². The molecule has 2 heterocycles. The molecule has 1 aromatic heterocycles. The molecule has 1 aromatic rings. The van der Waals surface area contributed by atoms with Crippen LogP contribution in [0.3, 0.4) is 0 Å². The number of hydrogen-bond acceptors (Lipinski definition) is 5. The molecular formula is C12H21N5OS. The van der Waals surface area contributed by atoms with Gasteiger partial charge >= 0.3 is 0 Å². The Morgan fingerprint density at radius 3 is 3.00 bits per heavy atom. The van der Waals surface area contributed by atoms with Crippen LogP contribution in [-0.4, -0.2) is 44.8 Å². The number of aromatic nitrogens is 3. The maximum absolute atomic E-state index is 11.9. The average molecular weight is 283 g/mol. The van der Waals surface area contributed by atoms with Crippen LogP contribution in [0, 0.1) is 0 Å². The van der Waals surface area contributed by atoms with Crippen molar-refractivity contribution >= 4 is 17.7 Å². The molecule has 2 N–H and O–H groups in total. The predicted octanol–water partition coefficient (Wildman–Crippen LogP) is 0.477. The van der Waals surface area contributed by atoms with E-state index in [9.17, 15) is 4.79 Å². The monoisotopic (exact) mass is 283 g/mol. The minimum Gasteiger partial charge on any atom is -0.346 e. The van der Waals surface area contributed by atoms with Gasteiger partial charge in [0.15, 0.2) is 5.82 Å². The zero-order chi connectivity index (χ0) is 13.7. The lowest BCUT2D eigenvalue weighted by Crippen LogP contribution is -2.32. The van der Waals surface area contributed by atoms with Crippen LogP contribution in [0.25, 0.3) is 0 Å². The highest BCUT2D eigenvalue weighted by Gasteiger charge is 2.17. The van der Waals surface area contributed by atoms with Gasteiger partial charge in [0.25, 0.3) is 0 Å². The van der Waals surface area contributed by atoms with E-state index < -0.39 is 0 Å². The fourth-order valence-electron chi connectivity index (χ4n) is 2.19. The lowest BCUT2D eigenvalue weighted by atomic mass is 10.2. The van der Waals surface area contributed by atoms with Crippen molar-refractivity contribution in [2.45, 2.75) is 31.1 Å². The molecule has 1 amide bonds. The summed E-state index contributed by atoms with van der Waals surface area (Å²) in [6, 6.07) is -0.103. The van der Waals surface area contributed by atoms with Crippen LogP contribution >= 0.6 is 11.8 Å². The second-order valence-corrected chi connectivity index (χ2v) is 6.14. The number of piperidine rings is 1. The molecule has 1 aliphatic rings. The first-order valence-corrected chi connectivity index (χ1v) is 7.67. The van der Waals surface area contributed by atoms with Gasteiger partial charge in [-0.05, 0) is 32.9 Å². The van der Waals surface area contributed by atoms with Gasteiger partial charge < -0.3 is 15.2 Å². The predicted molar refractivity (Wildman–Crippen MR) is 75.9 cm³/mol. The maximum Gasteiger partial charge on any atom is 0.230 e. The minimum atomic E-state index is -0.103. The number of rotatable bonds is 5. The first-order chi connectivity index (χ1) is 9.16. The molecule has 1 fully saturated rings. The van der Waals surface area contributed by atoms with E-state index >= 15 is 0 Å². The third-order valence-electron chi connectivity index (χ3n) is 3.25. The molecule has 1 atom stereocenters. The summed E-state index contributed by atoms with van der Waals surface area (Å²) in [6.07, 6.45) is 3.94. The van der Waals surface area contributed by atoms with Crippen molar-refractivity contribution in [3.8, 4) is 0 Å². The Balaban J connectivity index is 1.73. The molecule has 7 heteroatoms. The van der Waals surface area contributed by atoms with Crippen molar-refractivity contribution in [1.82, 2.24) is 25.4 Å². The molecule has 106 valence electrons. The van der Waals surface area contributed by atoms with Crippen molar-refractivity contribution < 1.29 is 4.79 Å². The van der Waals surface area contributed by atoms with E-state index in [1.165, 1.54) is 0 Å². The van der Waals surface area contributed by atoms with Gasteiger partial charge in [0, 0.05) is 12.3 Å². The number of hydrogen-bond donors (Lipinski definition) is 2. The number of nitrogens with one attached hydrogen (secondary N) is 2. The Morgan fingerprint density at radius 2 is 2.37 bits per heavy atom. The first kappa shape index (κ1) is 14.3. The number of aryl methyl sites for hydroxylation is 1. The van der Waals surface area contributed by atoms with Crippen molar-refractivity contribution in [1.29, 1.82) is 0 Å². The van der Waals surface area contributed by atoms with Gasteiger partial charge in [0.05, 0.1) is 11.8 Å². The van der Waals surface area contributed by atoms with Crippen molar-refractivity contribution in [2.75, 3.05) is 18.8 Å². The molecule has 0 aliphatic carbocycles. The number of carbonyl (C=O) groups excluding carboxylic acids is 1. The van der Waals surface area contributed by atoms with E-state index in [0.29, 0.717) is 11.0 Å². The van der Waals surface area contributed by atoms with Crippen molar-refractivity contribution in [3.63, 3.8) is 0 Å². The summed E-state index contributed by atoms with van der Waals surface area (Å²) in [6.45, 7) is 4.06. The van der Waals surface area contributed by atoms with Crippen LogP contribution < -0.4 is 10.6 Å². The van der Waals surface area contributed by atoms with Gasteiger partial charge in [-0.2, -0.15) is 0 Å². The molecule has 1 saturated heterocycles. The zero-order valence-corrected chi connectivity index (χ0v) is 12.2. The quantitative estimate of drug-likeness (QED) is 0.822. The van der Waals surface area contributed by atoms with E-state index in [1.807, 2.05) is 18.5 Å². The third-order valence-corrected chi connectivity index (χ3v) is 4.62. The lowest BCUT2D eigenvalue weighted by Gasteiger charge is -2.22. The highest BCUT2D eigenvalue weighted by Crippen LogP contribution is 2.20. The number of thioether (sulfide) groups is 1. The Labute approximate surface area is 117 Å². The van der Waals surface area contributed by atoms with E-state index in [0.717, 1.165) is 31.8 Å². The van der Waals surface area contributed by atoms with Gasteiger partial charge in [0.1, 0.15) is 6.33 Å². The lowest BCUT2D eigenvalue weighted by molar-refractivity contribution is -0.119. The fraction of sp³-hybridized carbons (Fsp3) is 0.750. The molecule has 19 heavy (non-hydrogen) atoms. The van der Waals surface area contributed by atoms with Gasteiger partial charge in [-0.3, -0.25) is 4.79 Å². The Bertz CT molecular complexity index is 416. The largest absolute Gasteiger partial charge is 0.346 e. The SMILES string of the molecule is CC(NC(=O)CSC1CCNCC1)c1nncn1C. The summed E-state index contributed by atoms with van der Waals surface area (Å²) in [5.41, 5.74) is 0. The molecule has 6 nitrogen and oxygen atoms in total. The number of nitrogens with zero attached hydrogens (tertiary/aromatic N) is 3. The summed E-state index contributed by atoms with van der Waals surface area (Å²) < 4.78 is 1.82. The second kappa shape index (κ2) is 6.91. The molecule has 1 unspecified atom stereocenters. The van der Waals surface area contributed by atoms with Gasteiger partial charge in [-0.15, -0.1) is 22.0 Å². The van der Waals surface area contributed by atoms with Gasteiger partial charge in [-0.1, -0.05) is 0 Å². The Morgan fingerprint density at radius 1 is 1.63 bits per heavy atom. The minimum absolute atomic E-state index is 0.0685. The van der Waals surface area contributed by atoms with Gasteiger partial charge in [-0.25, -0.2) is 0 Å². The standard InChI is InChI=1S/C12H21N5OS/c1-9(12-16-14-8-17(12)2)15-11(18)7-19-10-3-5-13-6-4-10/h8-10,13H,3-7H2,1-2H3,(H,15,18). The maximum atomic E-state index is 11.9. The molecule has 0 saturated carbocycles. The van der Waals surface area contributed by atoms with Crippen LogP contribution in [-0.2, 0) is 11.8 Å². The van der Waals surface area contributed by atoms with E-state index in [1.54, 1.807) is 18.1 Å². The smallest absolute Gasteiger partial charge is 0.230 e. The molecule has 0 radical (unpaired) electrons. The van der Waals surface area contributed by atoms with Crippen molar-refractivity contribution in [3.05, 3.63) is 12.2 Å². The average Bonchev–Trinajstić information content (AvgIpc) is 2.84. The molecular weight excluding hydrogens is 262 g/mol. The van der Waals surface area contributed by atoms with E-state index in [2.05, 4.69) is 20.8 Å². The molecule has 0 aromatic carbocycles. The molecule has 1 aliphatic heterocycles. The van der Waals surface area contributed by atoms with Crippen LogP contribution in [0.15, 0.2) is 6.33 Å². The van der Waals surface area contributed by atoms with Crippen LogP contribution in [0.2, 0.25) is 0 Å². The fourth-order valence-corrected chi connectivity index (χ4v) is 3.23. The number of amides is 1. The zero-order valence-electron chi connectivity index (χ0n) is 11.4. The van der Waals surface area contributed by atoms with Gasteiger partial charge in [0.2, 0.25) is 5.91 Å². The highest BCUT2D eigenvalue weighted by atomic mass is 32.2.